The van der Waals surface area contributed by atoms with Crippen LogP contribution in [0.4, 0.5) is 0 Å². The van der Waals surface area contributed by atoms with E-state index in [0.29, 0.717) is 22.3 Å². The Hall–Kier alpha value is -1.69. The Morgan fingerprint density at radius 1 is 1.03 bits per heavy atom. The Balaban J connectivity index is 2.07. The van der Waals surface area contributed by atoms with Gasteiger partial charge in [0, 0.05) is 28.4 Å². The van der Waals surface area contributed by atoms with Gasteiger partial charge in [0.1, 0.15) is 6.04 Å². The van der Waals surface area contributed by atoms with Gasteiger partial charge in [0.2, 0.25) is 11.8 Å². The summed E-state index contributed by atoms with van der Waals surface area (Å²) in [4.78, 5) is 27.4. The molecule has 2 amide bonds. The second-order valence-electron chi connectivity index (χ2n) is 7.26. The van der Waals surface area contributed by atoms with Crippen LogP contribution >= 0.6 is 35.0 Å². The predicted molar refractivity (Wildman–Crippen MR) is 127 cm³/mol. The molecule has 0 saturated carbocycles. The van der Waals surface area contributed by atoms with Gasteiger partial charge in [0.25, 0.3) is 0 Å². The van der Waals surface area contributed by atoms with E-state index in [1.165, 1.54) is 11.8 Å². The van der Waals surface area contributed by atoms with Crippen LogP contribution in [0.2, 0.25) is 10.0 Å². The van der Waals surface area contributed by atoms with E-state index in [1.807, 2.05) is 50.2 Å². The summed E-state index contributed by atoms with van der Waals surface area (Å²) in [5, 5.41) is 4.29. The van der Waals surface area contributed by atoms with Crippen LogP contribution < -0.4 is 5.32 Å². The molecule has 1 N–H and O–H groups in total. The first-order valence-electron chi connectivity index (χ1n) is 9.96. The number of amides is 2. The standard InChI is InChI=1S/C23H28Cl2N2O2S/c1-4-16(2)26-23(29)17(3)27(13-18-8-10-20(24)11-9-18)22(28)15-30-14-19-6-5-7-21(25)12-19/h5-12,16-17H,4,13-15H2,1-3H3,(H,26,29). The minimum Gasteiger partial charge on any atom is -0.352 e. The first kappa shape index (κ1) is 24.6. The normalized spacial score (nSPS) is 12.8. The van der Waals surface area contributed by atoms with Crippen molar-refractivity contribution in [2.24, 2.45) is 0 Å². The van der Waals surface area contributed by atoms with Gasteiger partial charge in [-0.1, -0.05) is 54.4 Å². The first-order chi connectivity index (χ1) is 14.3. The Bertz CT molecular complexity index is 845. The molecular formula is C23H28Cl2N2O2S. The summed E-state index contributed by atoms with van der Waals surface area (Å²) in [5.41, 5.74) is 1.99. The Kier molecular flexibility index (Phi) is 10.0. The topological polar surface area (TPSA) is 49.4 Å². The van der Waals surface area contributed by atoms with Gasteiger partial charge in [-0.3, -0.25) is 9.59 Å². The highest BCUT2D eigenvalue weighted by molar-refractivity contribution is 7.99. The molecule has 0 fully saturated rings. The van der Waals surface area contributed by atoms with Crippen molar-refractivity contribution in [3.8, 4) is 0 Å². The second-order valence-corrected chi connectivity index (χ2v) is 9.12. The van der Waals surface area contributed by atoms with Crippen molar-refractivity contribution >= 4 is 46.8 Å². The average Bonchev–Trinajstić information content (AvgIpc) is 2.72. The minimum absolute atomic E-state index is 0.0599. The van der Waals surface area contributed by atoms with Crippen molar-refractivity contribution in [3.05, 3.63) is 69.7 Å². The lowest BCUT2D eigenvalue weighted by Gasteiger charge is -2.29. The summed E-state index contributed by atoms with van der Waals surface area (Å²) in [6.07, 6.45) is 0.832. The number of halogens is 2. The molecule has 2 aromatic rings. The number of carbonyl (C=O) groups excluding carboxylic acids is 2. The van der Waals surface area contributed by atoms with Crippen LogP contribution in [0.1, 0.15) is 38.3 Å². The van der Waals surface area contributed by atoms with E-state index in [-0.39, 0.29) is 23.6 Å². The van der Waals surface area contributed by atoms with E-state index in [4.69, 9.17) is 23.2 Å². The fourth-order valence-corrected chi connectivity index (χ4v) is 4.00. The van der Waals surface area contributed by atoms with Crippen molar-refractivity contribution in [1.82, 2.24) is 10.2 Å². The molecule has 30 heavy (non-hydrogen) atoms. The Morgan fingerprint density at radius 3 is 2.37 bits per heavy atom. The van der Waals surface area contributed by atoms with Crippen molar-refractivity contribution in [3.63, 3.8) is 0 Å². The highest BCUT2D eigenvalue weighted by Crippen LogP contribution is 2.19. The van der Waals surface area contributed by atoms with Crippen LogP contribution in [-0.2, 0) is 21.9 Å². The zero-order chi connectivity index (χ0) is 22.1. The molecule has 0 aliphatic heterocycles. The number of carbonyl (C=O) groups is 2. The number of benzene rings is 2. The van der Waals surface area contributed by atoms with Crippen molar-refractivity contribution < 1.29 is 9.59 Å². The lowest BCUT2D eigenvalue weighted by Crippen LogP contribution is -2.50. The number of hydrogen-bond donors (Lipinski definition) is 1. The van der Waals surface area contributed by atoms with Crippen molar-refractivity contribution in [1.29, 1.82) is 0 Å². The average molecular weight is 467 g/mol. The van der Waals surface area contributed by atoms with Gasteiger partial charge >= 0.3 is 0 Å². The van der Waals surface area contributed by atoms with E-state index in [0.717, 1.165) is 17.5 Å². The number of hydrogen-bond acceptors (Lipinski definition) is 3. The molecule has 0 aliphatic carbocycles. The van der Waals surface area contributed by atoms with Gasteiger partial charge in [-0.05, 0) is 55.7 Å². The Labute approximate surface area is 193 Å². The van der Waals surface area contributed by atoms with Crippen LogP contribution in [0.3, 0.4) is 0 Å². The van der Waals surface area contributed by atoms with E-state index in [1.54, 1.807) is 24.0 Å². The number of thioether (sulfide) groups is 1. The molecule has 2 rings (SSSR count). The fraction of sp³-hybridized carbons (Fsp3) is 0.391. The van der Waals surface area contributed by atoms with Crippen LogP contribution in [0.25, 0.3) is 0 Å². The predicted octanol–water partition coefficient (Wildman–Crippen LogP) is 5.56. The highest BCUT2D eigenvalue weighted by atomic mass is 35.5. The maximum atomic E-state index is 13.0. The SMILES string of the molecule is CCC(C)NC(=O)C(C)N(Cc1ccc(Cl)cc1)C(=O)CSCc1cccc(Cl)c1. The van der Waals surface area contributed by atoms with Crippen LogP contribution in [-0.4, -0.2) is 34.6 Å². The number of nitrogens with one attached hydrogen (secondary N) is 1. The lowest BCUT2D eigenvalue weighted by atomic mass is 10.1. The van der Waals surface area contributed by atoms with E-state index < -0.39 is 6.04 Å². The third-order valence-electron chi connectivity index (χ3n) is 4.82. The molecular weight excluding hydrogens is 439 g/mol. The largest absolute Gasteiger partial charge is 0.352 e. The summed E-state index contributed by atoms with van der Waals surface area (Å²) in [5.74, 6) is 0.727. The summed E-state index contributed by atoms with van der Waals surface area (Å²) >= 11 is 13.5. The molecule has 0 radical (unpaired) electrons. The summed E-state index contributed by atoms with van der Waals surface area (Å²) in [6.45, 7) is 6.09. The molecule has 0 bridgehead atoms. The molecule has 0 aromatic heterocycles. The third kappa shape index (κ3) is 7.86. The molecule has 0 aliphatic rings. The molecule has 2 atom stereocenters. The lowest BCUT2D eigenvalue weighted by molar-refractivity contribution is -0.138. The van der Waals surface area contributed by atoms with E-state index >= 15 is 0 Å². The molecule has 2 aromatic carbocycles. The summed E-state index contributed by atoms with van der Waals surface area (Å²) in [6, 6.07) is 14.4. The molecule has 0 heterocycles. The highest BCUT2D eigenvalue weighted by Gasteiger charge is 2.26. The maximum absolute atomic E-state index is 13.0. The van der Waals surface area contributed by atoms with Crippen LogP contribution in [0.15, 0.2) is 48.5 Å². The van der Waals surface area contributed by atoms with Crippen LogP contribution in [0.5, 0.6) is 0 Å². The van der Waals surface area contributed by atoms with Gasteiger partial charge in [0.05, 0.1) is 5.75 Å². The van der Waals surface area contributed by atoms with Gasteiger partial charge in [-0.15, -0.1) is 11.8 Å². The van der Waals surface area contributed by atoms with Gasteiger partial charge in [-0.2, -0.15) is 0 Å². The molecule has 7 heteroatoms. The molecule has 162 valence electrons. The second kappa shape index (κ2) is 12.2. The molecule has 0 saturated heterocycles. The first-order valence-corrected chi connectivity index (χ1v) is 11.9. The zero-order valence-corrected chi connectivity index (χ0v) is 19.9. The Morgan fingerprint density at radius 2 is 1.73 bits per heavy atom. The van der Waals surface area contributed by atoms with E-state index in [2.05, 4.69) is 5.32 Å². The van der Waals surface area contributed by atoms with Crippen LogP contribution in [0, 0.1) is 0 Å². The zero-order valence-electron chi connectivity index (χ0n) is 17.5. The molecule has 0 spiro atoms. The van der Waals surface area contributed by atoms with Gasteiger partial charge in [0.15, 0.2) is 0 Å². The maximum Gasteiger partial charge on any atom is 0.242 e. The minimum atomic E-state index is -0.575. The molecule has 2 unspecified atom stereocenters. The number of rotatable bonds is 10. The van der Waals surface area contributed by atoms with Gasteiger partial charge < -0.3 is 10.2 Å². The van der Waals surface area contributed by atoms with E-state index in [9.17, 15) is 9.59 Å². The quantitative estimate of drug-likeness (QED) is 0.498. The fourth-order valence-electron chi connectivity index (χ4n) is 2.80. The monoisotopic (exact) mass is 466 g/mol. The third-order valence-corrected chi connectivity index (χ3v) is 6.29. The molecule has 4 nitrogen and oxygen atoms in total. The van der Waals surface area contributed by atoms with Crippen molar-refractivity contribution in [2.75, 3.05) is 5.75 Å². The van der Waals surface area contributed by atoms with Gasteiger partial charge in [-0.25, -0.2) is 0 Å². The van der Waals surface area contributed by atoms with Crippen molar-refractivity contribution in [2.45, 2.75) is 51.6 Å². The summed E-state index contributed by atoms with van der Waals surface area (Å²) in [7, 11) is 0. The summed E-state index contributed by atoms with van der Waals surface area (Å²) < 4.78 is 0. The number of nitrogens with zero attached hydrogens (tertiary/aromatic N) is 1. The smallest absolute Gasteiger partial charge is 0.242 e.